The largest absolute Gasteiger partial charge is 0.492 e. The van der Waals surface area contributed by atoms with Gasteiger partial charge in [0.05, 0.1) is 18.2 Å². The Morgan fingerprint density at radius 2 is 2.29 bits per heavy atom. The fourth-order valence-electron chi connectivity index (χ4n) is 2.31. The van der Waals surface area contributed by atoms with Crippen molar-refractivity contribution in [3.05, 3.63) is 23.2 Å². The topological polar surface area (TPSA) is 53.6 Å². The van der Waals surface area contributed by atoms with Gasteiger partial charge in [-0.05, 0) is 44.6 Å². The number of hydrogen-bond donors (Lipinski definition) is 2. The molecular formula is C15H22ClN3O2. The molecule has 1 aliphatic rings. The summed E-state index contributed by atoms with van der Waals surface area (Å²) >= 11 is 6.11. The number of hydrogen-bond acceptors (Lipinski definition) is 4. The van der Waals surface area contributed by atoms with Gasteiger partial charge in [-0.25, -0.2) is 0 Å². The smallest absolute Gasteiger partial charge is 0.238 e. The van der Waals surface area contributed by atoms with E-state index in [4.69, 9.17) is 16.3 Å². The Balaban J connectivity index is 1.88. The number of halogens is 1. The number of ether oxygens (including phenoxy) is 1. The highest BCUT2D eigenvalue weighted by Gasteiger charge is 2.13. The third-order valence-corrected chi connectivity index (χ3v) is 3.61. The van der Waals surface area contributed by atoms with Crippen molar-refractivity contribution < 1.29 is 9.53 Å². The summed E-state index contributed by atoms with van der Waals surface area (Å²) in [5, 5.41) is 6.71. The average molecular weight is 312 g/mol. The molecule has 0 radical (unpaired) electrons. The van der Waals surface area contributed by atoms with E-state index < -0.39 is 0 Å². The van der Waals surface area contributed by atoms with Gasteiger partial charge < -0.3 is 15.4 Å². The summed E-state index contributed by atoms with van der Waals surface area (Å²) in [5.41, 5.74) is 0.696. The Morgan fingerprint density at radius 3 is 3.05 bits per heavy atom. The molecule has 2 rings (SSSR count). The first-order valence-corrected chi connectivity index (χ1v) is 7.72. The number of nitrogens with zero attached hydrogens (tertiary/aromatic N) is 1. The highest BCUT2D eigenvalue weighted by atomic mass is 35.5. The van der Waals surface area contributed by atoms with E-state index in [2.05, 4.69) is 15.5 Å². The Bertz CT molecular complexity index is 474. The van der Waals surface area contributed by atoms with Crippen molar-refractivity contribution in [2.24, 2.45) is 0 Å². The molecule has 6 heteroatoms. The van der Waals surface area contributed by atoms with Crippen LogP contribution in [0.15, 0.2) is 18.2 Å². The molecule has 0 aromatic heterocycles. The Morgan fingerprint density at radius 1 is 1.43 bits per heavy atom. The molecule has 21 heavy (non-hydrogen) atoms. The highest BCUT2D eigenvalue weighted by molar-refractivity contribution is 6.32. The summed E-state index contributed by atoms with van der Waals surface area (Å²) in [5.74, 6) is 0.618. The van der Waals surface area contributed by atoms with E-state index >= 15 is 0 Å². The number of amides is 1. The third-order valence-electron chi connectivity index (χ3n) is 3.32. The lowest BCUT2D eigenvalue weighted by Gasteiger charge is -2.18. The van der Waals surface area contributed by atoms with Crippen molar-refractivity contribution in [1.29, 1.82) is 0 Å². The number of carbonyl (C=O) groups is 1. The van der Waals surface area contributed by atoms with Crippen molar-refractivity contribution in [2.75, 3.05) is 44.6 Å². The van der Waals surface area contributed by atoms with Crippen molar-refractivity contribution in [1.82, 2.24) is 10.2 Å². The highest BCUT2D eigenvalue weighted by Crippen LogP contribution is 2.27. The first-order chi connectivity index (χ1) is 10.2. The number of carbonyl (C=O) groups excluding carboxylic acids is 1. The third kappa shape index (κ3) is 5.19. The van der Waals surface area contributed by atoms with Gasteiger partial charge in [0.1, 0.15) is 5.75 Å². The van der Waals surface area contributed by atoms with Gasteiger partial charge in [-0.2, -0.15) is 0 Å². The zero-order chi connectivity index (χ0) is 15.1. The Hall–Kier alpha value is -1.30. The van der Waals surface area contributed by atoms with Gasteiger partial charge in [0, 0.05) is 18.8 Å². The molecule has 1 aromatic carbocycles. The van der Waals surface area contributed by atoms with Crippen molar-refractivity contribution in [3.63, 3.8) is 0 Å². The van der Waals surface area contributed by atoms with E-state index in [-0.39, 0.29) is 5.91 Å². The average Bonchev–Trinajstić information content (AvgIpc) is 2.70. The minimum Gasteiger partial charge on any atom is -0.492 e. The molecule has 0 saturated carbocycles. The molecule has 5 nitrogen and oxygen atoms in total. The van der Waals surface area contributed by atoms with Gasteiger partial charge in [-0.1, -0.05) is 11.6 Å². The fraction of sp³-hybridized carbons (Fsp3) is 0.533. The van der Waals surface area contributed by atoms with Crippen molar-refractivity contribution in [2.45, 2.75) is 13.3 Å². The van der Waals surface area contributed by atoms with Crippen LogP contribution in [0.5, 0.6) is 5.75 Å². The van der Waals surface area contributed by atoms with Crippen molar-refractivity contribution >= 4 is 23.2 Å². The normalized spacial score (nSPS) is 16.3. The fourth-order valence-corrected chi connectivity index (χ4v) is 2.55. The van der Waals surface area contributed by atoms with E-state index in [0.717, 1.165) is 32.6 Å². The van der Waals surface area contributed by atoms with Gasteiger partial charge in [0.15, 0.2) is 0 Å². The lowest BCUT2D eigenvalue weighted by molar-refractivity contribution is -0.117. The minimum atomic E-state index is -0.0165. The molecular weight excluding hydrogens is 290 g/mol. The first-order valence-electron chi connectivity index (χ1n) is 7.34. The standard InChI is InChI=1S/C15H22ClN3O2/c1-2-21-14-5-4-12(10-13(14)16)18-15(20)11-19-8-3-6-17-7-9-19/h4-5,10,17H,2-3,6-9,11H2,1H3,(H,18,20). The van der Waals surface area contributed by atoms with Crippen LogP contribution < -0.4 is 15.4 Å². The van der Waals surface area contributed by atoms with Gasteiger partial charge in [0.2, 0.25) is 5.91 Å². The molecule has 1 heterocycles. The quantitative estimate of drug-likeness (QED) is 0.873. The molecule has 0 spiro atoms. The molecule has 116 valence electrons. The molecule has 0 unspecified atom stereocenters. The van der Waals surface area contributed by atoms with Crippen LogP contribution in [0.4, 0.5) is 5.69 Å². The van der Waals surface area contributed by atoms with Crippen LogP contribution in [0.1, 0.15) is 13.3 Å². The van der Waals surface area contributed by atoms with Crippen LogP contribution in [-0.2, 0) is 4.79 Å². The number of nitrogens with one attached hydrogen (secondary N) is 2. The molecule has 1 amide bonds. The van der Waals surface area contributed by atoms with Crippen LogP contribution in [0, 0.1) is 0 Å². The van der Waals surface area contributed by atoms with Gasteiger partial charge in [-0.15, -0.1) is 0 Å². The zero-order valence-corrected chi connectivity index (χ0v) is 13.1. The summed E-state index contributed by atoms with van der Waals surface area (Å²) < 4.78 is 5.37. The second-order valence-corrected chi connectivity index (χ2v) is 5.41. The second kappa shape index (κ2) is 8.22. The monoisotopic (exact) mass is 311 g/mol. The van der Waals surface area contributed by atoms with Crippen LogP contribution in [0.3, 0.4) is 0 Å². The SMILES string of the molecule is CCOc1ccc(NC(=O)CN2CCCNCC2)cc1Cl. The molecule has 1 fully saturated rings. The lowest BCUT2D eigenvalue weighted by Crippen LogP contribution is -2.35. The predicted octanol–water partition coefficient (Wildman–Crippen LogP) is 1.97. The minimum absolute atomic E-state index is 0.0165. The van der Waals surface area contributed by atoms with Gasteiger partial charge in [-0.3, -0.25) is 9.69 Å². The second-order valence-electron chi connectivity index (χ2n) is 5.01. The van der Waals surface area contributed by atoms with Crippen LogP contribution >= 0.6 is 11.6 Å². The van der Waals surface area contributed by atoms with E-state index in [1.165, 1.54) is 0 Å². The van der Waals surface area contributed by atoms with E-state index in [0.29, 0.717) is 29.6 Å². The van der Waals surface area contributed by atoms with Crippen LogP contribution in [0.2, 0.25) is 5.02 Å². The Kier molecular flexibility index (Phi) is 6.29. The molecule has 0 atom stereocenters. The predicted molar refractivity (Wildman–Crippen MR) is 85.2 cm³/mol. The molecule has 1 aromatic rings. The van der Waals surface area contributed by atoms with E-state index in [9.17, 15) is 4.79 Å². The number of anilines is 1. The van der Waals surface area contributed by atoms with E-state index in [1.54, 1.807) is 18.2 Å². The van der Waals surface area contributed by atoms with Crippen molar-refractivity contribution in [3.8, 4) is 5.75 Å². The summed E-state index contributed by atoms with van der Waals surface area (Å²) in [4.78, 5) is 14.2. The number of rotatable bonds is 5. The maximum absolute atomic E-state index is 12.1. The van der Waals surface area contributed by atoms with E-state index in [1.807, 2.05) is 6.92 Å². The maximum Gasteiger partial charge on any atom is 0.238 e. The lowest BCUT2D eigenvalue weighted by atomic mass is 10.3. The van der Waals surface area contributed by atoms with Gasteiger partial charge in [0.25, 0.3) is 0 Å². The molecule has 0 aliphatic carbocycles. The molecule has 1 aliphatic heterocycles. The molecule has 0 bridgehead atoms. The molecule has 2 N–H and O–H groups in total. The maximum atomic E-state index is 12.1. The number of benzene rings is 1. The summed E-state index contributed by atoms with van der Waals surface area (Å²) in [6.45, 7) is 6.68. The first kappa shape index (κ1) is 16.1. The summed E-state index contributed by atoms with van der Waals surface area (Å²) in [6.07, 6.45) is 1.07. The summed E-state index contributed by atoms with van der Waals surface area (Å²) in [7, 11) is 0. The van der Waals surface area contributed by atoms with Crippen LogP contribution in [-0.4, -0.2) is 50.1 Å². The van der Waals surface area contributed by atoms with Gasteiger partial charge >= 0.3 is 0 Å². The summed E-state index contributed by atoms with van der Waals surface area (Å²) in [6, 6.07) is 5.30. The Labute approximate surface area is 130 Å². The zero-order valence-electron chi connectivity index (χ0n) is 12.3. The van der Waals surface area contributed by atoms with Crippen LogP contribution in [0.25, 0.3) is 0 Å². The molecule has 1 saturated heterocycles.